The van der Waals surface area contributed by atoms with E-state index in [1.165, 1.54) is 69.9 Å². The summed E-state index contributed by atoms with van der Waals surface area (Å²) >= 11 is 0. The summed E-state index contributed by atoms with van der Waals surface area (Å²) in [6, 6.07) is 3.06. The average Bonchev–Trinajstić information content (AvgIpc) is 2.46. The lowest BCUT2D eigenvalue weighted by atomic mass is 10.0. The van der Waals surface area contributed by atoms with Gasteiger partial charge in [0.25, 0.3) is 0 Å². The van der Waals surface area contributed by atoms with Crippen molar-refractivity contribution in [3.63, 3.8) is 0 Å². The maximum atomic E-state index is 9.43. The number of aromatic hydroxyl groups is 3. The van der Waals surface area contributed by atoms with Crippen LogP contribution in [0.5, 0.6) is 17.2 Å². The molecule has 0 aliphatic heterocycles. The van der Waals surface area contributed by atoms with E-state index >= 15 is 0 Å². The second kappa shape index (κ2) is 10.4. The van der Waals surface area contributed by atoms with Crippen molar-refractivity contribution in [3.05, 3.63) is 17.7 Å². The molecule has 3 nitrogen and oxygen atoms in total. The average molecular weight is 294 g/mol. The van der Waals surface area contributed by atoms with E-state index < -0.39 is 5.75 Å². The van der Waals surface area contributed by atoms with Crippen molar-refractivity contribution in [1.82, 2.24) is 0 Å². The summed E-state index contributed by atoms with van der Waals surface area (Å²) in [5.74, 6) is -0.906. The van der Waals surface area contributed by atoms with Crippen LogP contribution in [0.2, 0.25) is 0 Å². The van der Waals surface area contributed by atoms with Crippen LogP contribution in [0.4, 0.5) is 0 Å². The van der Waals surface area contributed by atoms with Gasteiger partial charge >= 0.3 is 0 Å². The third-order valence-corrected chi connectivity index (χ3v) is 3.95. The van der Waals surface area contributed by atoms with Gasteiger partial charge in [-0.1, -0.05) is 64.7 Å². The first-order chi connectivity index (χ1) is 10.1. The Morgan fingerprint density at radius 2 is 1.10 bits per heavy atom. The van der Waals surface area contributed by atoms with E-state index in [1.54, 1.807) is 0 Å². The quantitative estimate of drug-likeness (QED) is 0.385. The molecule has 0 aliphatic carbocycles. The van der Waals surface area contributed by atoms with E-state index in [1.807, 2.05) is 0 Å². The lowest BCUT2D eigenvalue weighted by molar-refractivity contribution is 0.367. The number of unbranched alkanes of at least 4 members (excludes halogenated alkanes) is 9. The fourth-order valence-electron chi connectivity index (χ4n) is 2.62. The van der Waals surface area contributed by atoms with Gasteiger partial charge < -0.3 is 15.3 Å². The SMILES string of the molecule is CCCCCCCCCCCCc1cc(O)c(O)c(O)c1. The van der Waals surface area contributed by atoms with Gasteiger partial charge in [0.15, 0.2) is 17.2 Å². The number of aryl methyl sites for hydroxylation is 1. The van der Waals surface area contributed by atoms with Crippen LogP contribution in [0.15, 0.2) is 12.1 Å². The van der Waals surface area contributed by atoms with Crippen molar-refractivity contribution in [2.24, 2.45) is 0 Å². The Kier molecular flexibility index (Phi) is 8.72. The molecule has 0 radical (unpaired) electrons. The molecule has 0 spiro atoms. The van der Waals surface area contributed by atoms with E-state index in [4.69, 9.17) is 0 Å². The molecular weight excluding hydrogens is 264 g/mol. The molecule has 120 valence electrons. The molecule has 0 saturated carbocycles. The molecule has 0 bridgehead atoms. The smallest absolute Gasteiger partial charge is 0.200 e. The Labute approximate surface area is 128 Å². The van der Waals surface area contributed by atoms with Crippen molar-refractivity contribution in [2.45, 2.75) is 77.6 Å². The third-order valence-electron chi connectivity index (χ3n) is 3.95. The molecule has 0 saturated heterocycles. The largest absolute Gasteiger partial charge is 0.504 e. The standard InChI is InChI=1S/C18H30O3/c1-2-3-4-5-6-7-8-9-10-11-12-15-13-16(19)18(21)17(20)14-15/h13-14,19-21H,2-12H2,1H3. The summed E-state index contributed by atoms with van der Waals surface area (Å²) in [4.78, 5) is 0. The van der Waals surface area contributed by atoms with Crippen molar-refractivity contribution < 1.29 is 15.3 Å². The molecule has 0 heterocycles. The van der Waals surface area contributed by atoms with Crippen LogP contribution in [0.3, 0.4) is 0 Å². The van der Waals surface area contributed by atoms with Gasteiger partial charge in [0.2, 0.25) is 0 Å². The first kappa shape index (κ1) is 17.7. The lowest BCUT2D eigenvalue weighted by Crippen LogP contribution is -1.87. The maximum absolute atomic E-state index is 9.43. The number of phenols is 3. The minimum Gasteiger partial charge on any atom is -0.504 e. The summed E-state index contributed by atoms with van der Waals surface area (Å²) < 4.78 is 0. The third kappa shape index (κ3) is 7.26. The van der Waals surface area contributed by atoms with Gasteiger partial charge in [0.1, 0.15) is 0 Å². The highest BCUT2D eigenvalue weighted by atomic mass is 16.3. The Bertz CT molecular complexity index is 378. The van der Waals surface area contributed by atoms with Gasteiger partial charge in [-0.15, -0.1) is 0 Å². The molecule has 0 amide bonds. The summed E-state index contributed by atoms with van der Waals surface area (Å²) in [6.07, 6.45) is 13.7. The predicted molar refractivity (Wildman–Crippen MR) is 87.0 cm³/mol. The highest BCUT2D eigenvalue weighted by Gasteiger charge is 2.07. The van der Waals surface area contributed by atoms with E-state index in [-0.39, 0.29) is 11.5 Å². The minimum atomic E-state index is -0.429. The molecule has 0 atom stereocenters. The molecule has 1 rings (SSSR count). The number of hydrogen-bond donors (Lipinski definition) is 3. The molecular formula is C18H30O3. The zero-order chi connectivity index (χ0) is 15.5. The highest BCUT2D eigenvalue weighted by molar-refractivity contribution is 5.51. The van der Waals surface area contributed by atoms with Crippen molar-refractivity contribution in [3.8, 4) is 17.2 Å². The molecule has 0 aromatic heterocycles. The number of rotatable bonds is 11. The fourth-order valence-corrected chi connectivity index (χ4v) is 2.62. The molecule has 0 aliphatic rings. The molecule has 21 heavy (non-hydrogen) atoms. The number of phenolic OH excluding ortho intramolecular Hbond substituents is 3. The van der Waals surface area contributed by atoms with Gasteiger partial charge in [0.05, 0.1) is 0 Å². The molecule has 0 unspecified atom stereocenters. The van der Waals surface area contributed by atoms with Crippen LogP contribution < -0.4 is 0 Å². The van der Waals surface area contributed by atoms with E-state index in [2.05, 4.69) is 6.92 Å². The van der Waals surface area contributed by atoms with E-state index in [0.717, 1.165) is 18.4 Å². The first-order valence-corrected chi connectivity index (χ1v) is 8.39. The number of benzene rings is 1. The first-order valence-electron chi connectivity index (χ1n) is 8.39. The zero-order valence-corrected chi connectivity index (χ0v) is 13.3. The Balaban J connectivity index is 2.04. The van der Waals surface area contributed by atoms with Gasteiger partial charge in [-0.05, 0) is 30.5 Å². The molecule has 0 fully saturated rings. The maximum Gasteiger partial charge on any atom is 0.200 e. The van der Waals surface area contributed by atoms with Gasteiger partial charge in [-0.3, -0.25) is 0 Å². The predicted octanol–water partition coefficient (Wildman–Crippen LogP) is 5.27. The van der Waals surface area contributed by atoms with E-state index in [0.29, 0.717) is 0 Å². The Hall–Kier alpha value is -1.38. The molecule has 1 aromatic carbocycles. The second-order valence-corrected chi connectivity index (χ2v) is 5.91. The molecule has 3 N–H and O–H groups in total. The van der Waals surface area contributed by atoms with Crippen LogP contribution in [0, 0.1) is 0 Å². The van der Waals surface area contributed by atoms with Crippen LogP contribution in [0.25, 0.3) is 0 Å². The number of hydrogen-bond acceptors (Lipinski definition) is 3. The molecule has 1 aromatic rings. The topological polar surface area (TPSA) is 60.7 Å². The van der Waals surface area contributed by atoms with Crippen LogP contribution in [-0.4, -0.2) is 15.3 Å². The summed E-state index contributed by atoms with van der Waals surface area (Å²) in [6.45, 7) is 2.24. The monoisotopic (exact) mass is 294 g/mol. The fraction of sp³-hybridized carbons (Fsp3) is 0.667. The van der Waals surface area contributed by atoms with Crippen LogP contribution >= 0.6 is 0 Å². The van der Waals surface area contributed by atoms with E-state index in [9.17, 15) is 15.3 Å². The minimum absolute atomic E-state index is 0.239. The highest BCUT2D eigenvalue weighted by Crippen LogP contribution is 2.35. The van der Waals surface area contributed by atoms with Crippen molar-refractivity contribution >= 4 is 0 Å². The normalized spacial score (nSPS) is 10.9. The van der Waals surface area contributed by atoms with Crippen molar-refractivity contribution in [1.29, 1.82) is 0 Å². The van der Waals surface area contributed by atoms with Gasteiger partial charge in [-0.2, -0.15) is 0 Å². The zero-order valence-electron chi connectivity index (χ0n) is 13.3. The van der Waals surface area contributed by atoms with Crippen molar-refractivity contribution in [2.75, 3.05) is 0 Å². The van der Waals surface area contributed by atoms with Gasteiger partial charge in [-0.25, -0.2) is 0 Å². The lowest BCUT2D eigenvalue weighted by Gasteiger charge is -2.06. The Morgan fingerprint density at radius 3 is 1.57 bits per heavy atom. The Morgan fingerprint density at radius 1 is 0.667 bits per heavy atom. The van der Waals surface area contributed by atoms with Crippen LogP contribution in [-0.2, 0) is 6.42 Å². The molecule has 3 heteroatoms. The van der Waals surface area contributed by atoms with Gasteiger partial charge in [0, 0.05) is 0 Å². The summed E-state index contributed by atoms with van der Waals surface area (Å²) in [5, 5.41) is 28.1. The summed E-state index contributed by atoms with van der Waals surface area (Å²) in [7, 11) is 0. The second-order valence-electron chi connectivity index (χ2n) is 5.91. The summed E-state index contributed by atoms with van der Waals surface area (Å²) in [5.41, 5.74) is 0.877. The van der Waals surface area contributed by atoms with Crippen LogP contribution in [0.1, 0.15) is 76.7 Å².